The van der Waals surface area contributed by atoms with Crippen LogP contribution in [0.5, 0.6) is 0 Å². The molecule has 0 aromatic heterocycles. The van der Waals surface area contributed by atoms with Crippen molar-refractivity contribution in [2.45, 2.75) is 13.8 Å². The van der Waals surface area contributed by atoms with Gasteiger partial charge in [0.05, 0.1) is 11.9 Å². The lowest BCUT2D eigenvalue weighted by Gasteiger charge is -2.01. The first-order chi connectivity index (χ1) is 12.9. The third-order valence-corrected chi connectivity index (χ3v) is 3.32. The smallest absolute Gasteiger partial charge is 0.271 e. The lowest BCUT2D eigenvalue weighted by Crippen LogP contribution is -2.17. The minimum Gasteiger partial charge on any atom is -0.510 e. The predicted octanol–water partition coefficient (Wildman–Crippen LogP) is 4.05. The number of aliphatic hydroxyl groups is 1. The maximum atomic E-state index is 12.8. The van der Waals surface area contributed by atoms with Gasteiger partial charge in [0.15, 0.2) is 11.5 Å². The molecule has 1 amide bonds. The van der Waals surface area contributed by atoms with E-state index in [4.69, 9.17) is 0 Å². The Morgan fingerprint density at radius 2 is 1.67 bits per heavy atom. The lowest BCUT2D eigenvalue weighted by molar-refractivity contribution is -0.113. The van der Waals surface area contributed by atoms with Crippen molar-refractivity contribution in [1.82, 2.24) is 5.43 Å². The van der Waals surface area contributed by atoms with Crippen LogP contribution in [0.2, 0.25) is 0 Å². The Kier molecular flexibility index (Phi) is 6.65. The Hall–Kier alpha value is -3.68. The van der Waals surface area contributed by atoms with Crippen LogP contribution in [0.1, 0.15) is 29.8 Å². The summed E-state index contributed by atoms with van der Waals surface area (Å²) in [6.45, 7) is 2.61. The highest BCUT2D eigenvalue weighted by Gasteiger charge is 2.07. The fourth-order valence-corrected chi connectivity index (χ4v) is 1.96. The second-order valence-corrected chi connectivity index (χ2v) is 5.49. The average Bonchev–Trinajstić information content (AvgIpc) is 2.63. The van der Waals surface area contributed by atoms with Crippen LogP contribution < -0.4 is 5.43 Å². The molecule has 0 unspecified atom stereocenters. The van der Waals surface area contributed by atoms with E-state index in [2.05, 4.69) is 20.8 Å². The molecule has 8 heteroatoms. The second kappa shape index (κ2) is 9.14. The van der Waals surface area contributed by atoms with Gasteiger partial charge in [-0.25, -0.2) is 9.82 Å². The molecular weight excluding hydrogens is 351 g/mol. The summed E-state index contributed by atoms with van der Waals surface area (Å²) < 4.78 is 12.8. The van der Waals surface area contributed by atoms with E-state index in [1.807, 2.05) is 0 Å². The van der Waals surface area contributed by atoms with Crippen LogP contribution in [0, 0.1) is 5.82 Å². The molecule has 0 aliphatic rings. The van der Waals surface area contributed by atoms with Crippen molar-refractivity contribution in [3.8, 4) is 0 Å². The number of benzene rings is 2. The fraction of sp³-hybridized carbons (Fsp3) is 0.105. The maximum absolute atomic E-state index is 12.8. The number of nitrogens with zero attached hydrogens (tertiary/aromatic N) is 3. The molecule has 2 rings (SSSR count). The molecule has 27 heavy (non-hydrogen) atoms. The van der Waals surface area contributed by atoms with Crippen LogP contribution in [0.3, 0.4) is 0 Å². The molecule has 0 spiro atoms. The van der Waals surface area contributed by atoms with Gasteiger partial charge in [-0.3, -0.25) is 9.59 Å². The number of azo groups is 1. The molecule has 0 fully saturated rings. The molecule has 0 atom stereocenters. The summed E-state index contributed by atoms with van der Waals surface area (Å²) >= 11 is 0. The number of amides is 1. The zero-order valence-electron chi connectivity index (χ0n) is 14.7. The molecule has 2 aromatic carbocycles. The number of carbonyl (C=O) groups is 2. The van der Waals surface area contributed by atoms with Crippen molar-refractivity contribution >= 4 is 23.6 Å². The summed E-state index contributed by atoms with van der Waals surface area (Å²) in [7, 11) is 0. The standard InChI is InChI=1S/C19H17FN4O3/c1-12(25)18(13(2)26)23-22-17-9-5-15(6-10-17)19(27)24-21-11-14-3-7-16(20)8-4-14/h3-11,25H,1-2H3,(H,24,27)/b18-12-,21-11+,23-22?. The maximum Gasteiger partial charge on any atom is 0.271 e. The molecule has 0 saturated carbocycles. The number of allylic oxidation sites excluding steroid dienone is 2. The monoisotopic (exact) mass is 368 g/mol. The molecule has 0 heterocycles. The van der Waals surface area contributed by atoms with Gasteiger partial charge in [0.25, 0.3) is 5.91 Å². The van der Waals surface area contributed by atoms with Crippen LogP contribution in [0.25, 0.3) is 0 Å². The lowest BCUT2D eigenvalue weighted by atomic mass is 10.2. The van der Waals surface area contributed by atoms with Crippen LogP contribution in [0.15, 0.2) is 75.3 Å². The van der Waals surface area contributed by atoms with Gasteiger partial charge < -0.3 is 5.11 Å². The van der Waals surface area contributed by atoms with Crippen LogP contribution in [0.4, 0.5) is 10.1 Å². The van der Waals surface area contributed by atoms with Crippen molar-refractivity contribution in [1.29, 1.82) is 0 Å². The zero-order chi connectivity index (χ0) is 19.8. The van der Waals surface area contributed by atoms with E-state index in [1.165, 1.54) is 68.6 Å². The van der Waals surface area contributed by atoms with E-state index < -0.39 is 11.7 Å². The van der Waals surface area contributed by atoms with Gasteiger partial charge in [-0.05, 0) is 48.9 Å². The van der Waals surface area contributed by atoms with Gasteiger partial charge in [-0.1, -0.05) is 12.1 Å². The van der Waals surface area contributed by atoms with Gasteiger partial charge in [0.1, 0.15) is 11.6 Å². The first-order valence-corrected chi connectivity index (χ1v) is 7.88. The van der Waals surface area contributed by atoms with Gasteiger partial charge in [-0.2, -0.15) is 10.2 Å². The van der Waals surface area contributed by atoms with Crippen molar-refractivity contribution in [3.63, 3.8) is 0 Å². The Labute approximate surface area is 154 Å². The van der Waals surface area contributed by atoms with E-state index in [0.717, 1.165) is 0 Å². The van der Waals surface area contributed by atoms with E-state index in [0.29, 0.717) is 16.8 Å². The van der Waals surface area contributed by atoms with Gasteiger partial charge in [0.2, 0.25) is 0 Å². The molecule has 2 aromatic rings. The second-order valence-electron chi connectivity index (χ2n) is 5.49. The molecule has 138 valence electrons. The van der Waals surface area contributed by atoms with E-state index in [-0.39, 0.29) is 17.3 Å². The number of rotatable bonds is 6. The number of hydrogen-bond acceptors (Lipinski definition) is 6. The summed E-state index contributed by atoms with van der Waals surface area (Å²) in [6.07, 6.45) is 1.40. The zero-order valence-corrected chi connectivity index (χ0v) is 14.7. The minimum atomic E-state index is -0.438. The molecule has 0 aliphatic heterocycles. The molecule has 0 radical (unpaired) electrons. The molecule has 0 aliphatic carbocycles. The normalized spacial score (nSPS) is 12.3. The first kappa shape index (κ1) is 19.6. The molecular formula is C19H17FN4O3. The molecule has 0 bridgehead atoms. The fourth-order valence-electron chi connectivity index (χ4n) is 1.96. The number of Topliss-reactive ketones (excluding diaryl/α,β-unsaturated/α-hetero) is 1. The first-order valence-electron chi connectivity index (χ1n) is 7.88. The number of aliphatic hydroxyl groups excluding tert-OH is 1. The Morgan fingerprint density at radius 3 is 2.22 bits per heavy atom. The minimum absolute atomic E-state index is 0.132. The van der Waals surface area contributed by atoms with Crippen molar-refractivity contribution < 1.29 is 19.1 Å². The topological polar surface area (TPSA) is 103 Å². The molecule has 7 nitrogen and oxygen atoms in total. The number of hydrazone groups is 1. The summed E-state index contributed by atoms with van der Waals surface area (Å²) in [5, 5.41) is 20.7. The van der Waals surface area contributed by atoms with Crippen molar-refractivity contribution in [2.75, 3.05) is 0 Å². The Bertz CT molecular complexity index is 913. The third kappa shape index (κ3) is 5.96. The van der Waals surface area contributed by atoms with Gasteiger partial charge >= 0.3 is 0 Å². The highest BCUT2D eigenvalue weighted by molar-refractivity contribution is 5.95. The number of halogens is 1. The average molecular weight is 368 g/mol. The summed E-state index contributed by atoms with van der Waals surface area (Å²) in [5.74, 6) is -1.42. The molecule has 2 N–H and O–H groups in total. The van der Waals surface area contributed by atoms with E-state index in [9.17, 15) is 19.1 Å². The Balaban J connectivity index is 1.99. The number of carbonyl (C=O) groups excluding carboxylic acids is 2. The van der Waals surface area contributed by atoms with E-state index in [1.54, 1.807) is 0 Å². The number of nitrogens with one attached hydrogen (secondary N) is 1. The summed E-state index contributed by atoms with van der Waals surface area (Å²) in [4.78, 5) is 23.3. The summed E-state index contributed by atoms with van der Waals surface area (Å²) in [5.41, 5.74) is 3.61. The van der Waals surface area contributed by atoms with Crippen LogP contribution >= 0.6 is 0 Å². The van der Waals surface area contributed by atoms with E-state index >= 15 is 0 Å². The van der Waals surface area contributed by atoms with Crippen molar-refractivity contribution in [3.05, 3.63) is 76.9 Å². The van der Waals surface area contributed by atoms with Gasteiger partial charge in [0, 0.05) is 12.5 Å². The molecule has 0 saturated heterocycles. The quantitative estimate of drug-likeness (QED) is 0.264. The highest BCUT2D eigenvalue weighted by atomic mass is 19.1. The highest BCUT2D eigenvalue weighted by Crippen LogP contribution is 2.16. The third-order valence-electron chi connectivity index (χ3n) is 3.32. The number of hydrogen-bond donors (Lipinski definition) is 2. The Morgan fingerprint density at radius 1 is 1.04 bits per heavy atom. The number of ketones is 1. The van der Waals surface area contributed by atoms with Crippen LogP contribution in [-0.4, -0.2) is 23.0 Å². The summed E-state index contributed by atoms with van der Waals surface area (Å²) in [6, 6.07) is 11.7. The van der Waals surface area contributed by atoms with Gasteiger partial charge in [-0.15, -0.1) is 5.11 Å². The van der Waals surface area contributed by atoms with Crippen molar-refractivity contribution in [2.24, 2.45) is 15.3 Å². The predicted molar refractivity (Wildman–Crippen MR) is 98.4 cm³/mol. The SMILES string of the molecule is CC(=O)/C(N=Nc1ccc(C(=O)N/N=C/c2ccc(F)cc2)cc1)=C(\C)O. The van der Waals surface area contributed by atoms with Crippen LogP contribution in [-0.2, 0) is 4.79 Å². The largest absolute Gasteiger partial charge is 0.510 e.